The predicted molar refractivity (Wildman–Crippen MR) is 162 cm³/mol. The number of carbonyl (C=O) groups is 3. The highest BCUT2D eigenvalue weighted by Crippen LogP contribution is 2.37. The monoisotopic (exact) mass is 628 g/mol. The Morgan fingerprint density at radius 3 is 2.60 bits per heavy atom. The number of benzene rings is 2. The molecule has 2 amide bonds. The molecule has 2 aromatic heterocycles. The van der Waals surface area contributed by atoms with E-state index < -0.39 is 23.6 Å². The third kappa shape index (κ3) is 6.67. The van der Waals surface area contributed by atoms with E-state index in [1.54, 1.807) is 18.6 Å². The van der Waals surface area contributed by atoms with Crippen LogP contribution in [0.3, 0.4) is 0 Å². The van der Waals surface area contributed by atoms with Gasteiger partial charge in [-0.25, -0.2) is 14.2 Å². The number of rotatable bonds is 9. The maximum Gasteiger partial charge on any atom is 0.326 e. The van der Waals surface area contributed by atoms with E-state index in [-0.39, 0.29) is 38.3 Å². The number of carboxylic acids is 1. The summed E-state index contributed by atoms with van der Waals surface area (Å²) in [5.74, 6) is -2.65. The molecule has 0 unspecified atom stereocenters. The lowest BCUT2D eigenvalue weighted by Crippen LogP contribution is -2.55. The molecule has 5 rings (SSSR count). The Bertz CT molecular complexity index is 1650. The topological polar surface area (TPSA) is 105 Å². The number of imidazole rings is 1. The van der Waals surface area contributed by atoms with Gasteiger partial charge < -0.3 is 19.9 Å². The second-order valence-electron chi connectivity index (χ2n) is 10.1. The fourth-order valence-electron chi connectivity index (χ4n) is 4.85. The van der Waals surface area contributed by atoms with Crippen LogP contribution >= 0.6 is 34.5 Å². The average molecular weight is 630 g/mol. The zero-order chi connectivity index (χ0) is 29.9. The molecular weight excluding hydrogens is 602 g/mol. The zero-order valence-electron chi connectivity index (χ0n) is 22.3. The van der Waals surface area contributed by atoms with E-state index in [2.05, 4.69) is 10.3 Å². The van der Waals surface area contributed by atoms with Gasteiger partial charge in [-0.1, -0.05) is 53.5 Å². The molecule has 3 heterocycles. The van der Waals surface area contributed by atoms with Crippen LogP contribution in [0.4, 0.5) is 4.39 Å². The Balaban J connectivity index is 1.16. The Morgan fingerprint density at radius 1 is 1.14 bits per heavy atom. The molecule has 8 nitrogen and oxygen atoms in total. The predicted octanol–water partition coefficient (Wildman–Crippen LogP) is 5.61. The van der Waals surface area contributed by atoms with Crippen LogP contribution in [-0.4, -0.2) is 62.1 Å². The molecule has 0 bridgehead atoms. The molecule has 2 aromatic carbocycles. The molecule has 4 aromatic rings. The minimum atomic E-state index is -2.30. The quantitative estimate of drug-likeness (QED) is 0.235. The van der Waals surface area contributed by atoms with Crippen molar-refractivity contribution < 1.29 is 23.9 Å². The standard InChI is InChI=1S/C30H27Cl2FN4O4S/c31-25-20(14-21-8-13-42-27(21)26(25)32)6-7-24(38)37-11-9-30(33,10-12-37)29(41)35-23(28(39)40)15-22-17-36(18-34-22)16-19-4-2-1-3-5-19/h1-8,13-14,17-18,23H,9-12,15-16H2,(H,35,41)(H,39,40)/t23-/m0/s1. The average Bonchev–Trinajstić information content (AvgIpc) is 3.64. The molecule has 1 atom stereocenters. The summed E-state index contributed by atoms with van der Waals surface area (Å²) >= 11 is 14.2. The molecule has 1 aliphatic heterocycles. The van der Waals surface area contributed by atoms with Crippen molar-refractivity contribution in [1.29, 1.82) is 0 Å². The van der Waals surface area contributed by atoms with Crippen molar-refractivity contribution in [1.82, 2.24) is 19.8 Å². The molecule has 1 aliphatic rings. The Labute approximate surface area is 255 Å². The van der Waals surface area contributed by atoms with Gasteiger partial charge in [0, 0.05) is 51.2 Å². The number of likely N-dealkylation sites (tertiary alicyclic amines) is 1. The first-order valence-corrected chi connectivity index (χ1v) is 14.9. The summed E-state index contributed by atoms with van der Waals surface area (Å²) in [6.45, 7) is 0.542. The number of hydrogen-bond donors (Lipinski definition) is 2. The second-order valence-corrected chi connectivity index (χ2v) is 11.8. The van der Waals surface area contributed by atoms with Crippen LogP contribution < -0.4 is 5.32 Å². The summed E-state index contributed by atoms with van der Waals surface area (Å²) in [4.78, 5) is 43.3. The second kappa shape index (κ2) is 12.6. The number of aromatic nitrogens is 2. The van der Waals surface area contributed by atoms with E-state index in [0.717, 1.165) is 15.6 Å². The van der Waals surface area contributed by atoms with Crippen molar-refractivity contribution >= 4 is 68.5 Å². The van der Waals surface area contributed by atoms with Crippen LogP contribution in [-0.2, 0) is 27.3 Å². The highest BCUT2D eigenvalue weighted by Gasteiger charge is 2.43. The van der Waals surface area contributed by atoms with Crippen LogP contribution in [0.25, 0.3) is 16.2 Å². The minimum absolute atomic E-state index is 0.00717. The van der Waals surface area contributed by atoms with Gasteiger partial charge in [0.2, 0.25) is 5.91 Å². The Hall–Kier alpha value is -3.73. The minimum Gasteiger partial charge on any atom is -0.480 e. The number of carboxylic acid groups (broad SMARTS) is 1. The maximum atomic E-state index is 15.7. The molecule has 12 heteroatoms. The van der Waals surface area contributed by atoms with Crippen LogP contribution in [0.2, 0.25) is 10.0 Å². The number of nitrogens with one attached hydrogen (secondary N) is 1. The smallest absolute Gasteiger partial charge is 0.326 e. The van der Waals surface area contributed by atoms with Gasteiger partial charge in [0.05, 0.1) is 26.8 Å². The van der Waals surface area contributed by atoms with Gasteiger partial charge in [-0.15, -0.1) is 11.3 Å². The molecule has 42 heavy (non-hydrogen) atoms. The number of hydrogen-bond acceptors (Lipinski definition) is 5. The maximum absolute atomic E-state index is 15.7. The summed E-state index contributed by atoms with van der Waals surface area (Å²) in [6.07, 6.45) is 5.59. The highest BCUT2D eigenvalue weighted by molar-refractivity contribution is 7.18. The van der Waals surface area contributed by atoms with E-state index in [1.807, 2.05) is 52.4 Å². The number of amides is 2. The van der Waals surface area contributed by atoms with Crippen LogP contribution in [0.1, 0.15) is 29.7 Å². The van der Waals surface area contributed by atoms with Crippen molar-refractivity contribution in [3.8, 4) is 0 Å². The lowest BCUT2D eigenvalue weighted by atomic mass is 9.91. The number of aliphatic carboxylic acids is 1. The van der Waals surface area contributed by atoms with E-state index >= 15 is 4.39 Å². The van der Waals surface area contributed by atoms with Crippen molar-refractivity contribution in [2.45, 2.75) is 37.5 Å². The van der Waals surface area contributed by atoms with Crippen LogP contribution in [0.15, 0.2) is 66.4 Å². The van der Waals surface area contributed by atoms with Crippen LogP contribution in [0.5, 0.6) is 0 Å². The van der Waals surface area contributed by atoms with Gasteiger partial charge in [0.25, 0.3) is 5.91 Å². The first-order chi connectivity index (χ1) is 20.1. The van der Waals surface area contributed by atoms with Gasteiger partial charge in [0.15, 0.2) is 5.67 Å². The Kier molecular flexibility index (Phi) is 8.96. The molecule has 1 saturated heterocycles. The van der Waals surface area contributed by atoms with Gasteiger partial charge in [-0.2, -0.15) is 0 Å². The molecule has 0 spiro atoms. The summed E-state index contributed by atoms with van der Waals surface area (Å²) in [6, 6.07) is 12.1. The van der Waals surface area contributed by atoms with Gasteiger partial charge in [-0.3, -0.25) is 9.59 Å². The molecule has 0 saturated carbocycles. The SMILES string of the molecule is O=C(O)[C@H](Cc1cn(Cc2ccccc2)cn1)NC(=O)C1(F)CCN(C(=O)C=Cc2cc3ccsc3c(Cl)c2Cl)CC1. The first kappa shape index (κ1) is 29.8. The molecule has 0 radical (unpaired) electrons. The molecule has 218 valence electrons. The van der Waals surface area contributed by atoms with Crippen molar-refractivity contribution in [2.75, 3.05) is 13.1 Å². The third-order valence-electron chi connectivity index (χ3n) is 7.24. The highest BCUT2D eigenvalue weighted by atomic mass is 35.5. The largest absolute Gasteiger partial charge is 0.480 e. The number of piperidine rings is 1. The molecule has 2 N–H and O–H groups in total. The summed E-state index contributed by atoms with van der Waals surface area (Å²) in [5, 5.41) is 15.6. The van der Waals surface area contributed by atoms with Crippen molar-refractivity contribution in [2.24, 2.45) is 0 Å². The lowest BCUT2D eigenvalue weighted by Gasteiger charge is -2.35. The number of fused-ring (bicyclic) bond motifs is 1. The zero-order valence-corrected chi connectivity index (χ0v) is 24.6. The summed E-state index contributed by atoms with van der Waals surface area (Å²) in [7, 11) is 0. The third-order valence-corrected chi connectivity index (χ3v) is 9.19. The number of alkyl halides is 1. The van der Waals surface area contributed by atoms with Crippen molar-refractivity contribution in [3.63, 3.8) is 0 Å². The summed E-state index contributed by atoms with van der Waals surface area (Å²) in [5.41, 5.74) is -0.209. The van der Waals surface area contributed by atoms with Gasteiger partial charge >= 0.3 is 5.97 Å². The number of thiophene rings is 1. The van der Waals surface area contributed by atoms with E-state index in [4.69, 9.17) is 23.2 Å². The Morgan fingerprint density at radius 2 is 1.88 bits per heavy atom. The lowest BCUT2D eigenvalue weighted by molar-refractivity contribution is -0.146. The molecule has 1 fully saturated rings. The van der Waals surface area contributed by atoms with Crippen LogP contribution in [0, 0.1) is 0 Å². The van der Waals surface area contributed by atoms with Gasteiger partial charge in [0.1, 0.15) is 6.04 Å². The van der Waals surface area contributed by atoms with E-state index in [1.165, 1.54) is 22.3 Å². The fraction of sp³-hybridized carbons (Fsp3) is 0.267. The van der Waals surface area contributed by atoms with Gasteiger partial charge in [-0.05, 0) is 40.1 Å². The number of halogens is 3. The summed E-state index contributed by atoms with van der Waals surface area (Å²) < 4.78 is 18.3. The van der Waals surface area contributed by atoms with Crippen molar-refractivity contribution in [3.05, 3.63) is 93.3 Å². The number of nitrogens with zero attached hydrogens (tertiary/aromatic N) is 3. The number of carbonyl (C=O) groups excluding carboxylic acids is 2. The molecular formula is C30H27Cl2FN4O4S. The van der Waals surface area contributed by atoms with E-state index in [9.17, 15) is 19.5 Å². The van der Waals surface area contributed by atoms with E-state index in [0.29, 0.717) is 27.8 Å². The normalized spacial score (nSPS) is 15.6. The fourth-order valence-corrected chi connectivity index (χ4v) is 6.29. The first-order valence-electron chi connectivity index (χ1n) is 13.2. The molecule has 0 aliphatic carbocycles.